The van der Waals surface area contributed by atoms with Crippen molar-refractivity contribution in [1.82, 2.24) is 4.57 Å². The predicted molar refractivity (Wildman–Crippen MR) is 73.0 cm³/mol. The van der Waals surface area contributed by atoms with Crippen LogP contribution in [-0.4, -0.2) is 21.6 Å². The topological polar surface area (TPSA) is 88.4 Å². The van der Waals surface area contributed by atoms with Gasteiger partial charge in [0.1, 0.15) is 0 Å². The number of carbonyl (C=O) groups excluding carboxylic acids is 1. The van der Waals surface area contributed by atoms with Gasteiger partial charge in [0.25, 0.3) is 5.91 Å². The first kappa shape index (κ1) is 13.5. The Balaban J connectivity index is 2.23. The average molecular weight is 272 g/mol. The van der Waals surface area contributed by atoms with Crippen LogP contribution in [0.15, 0.2) is 47.4 Å². The van der Waals surface area contributed by atoms with Gasteiger partial charge in [-0.3, -0.25) is 9.59 Å². The minimum atomic E-state index is -1.07. The third kappa shape index (κ3) is 2.92. The van der Waals surface area contributed by atoms with E-state index in [4.69, 9.17) is 5.11 Å². The molecule has 0 atom stereocenters. The van der Waals surface area contributed by atoms with E-state index >= 15 is 0 Å². The maximum absolute atomic E-state index is 12.0. The minimum absolute atomic E-state index is 0.0864. The van der Waals surface area contributed by atoms with E-state index in [1.165, 1.54) is 35.0 Å². The second-order valence-electron chi connectivity index (χ2n) is 4.21. The molecule has 0 fully saturated rings. The van der Waals surface area contributed by atoms with Crippen LogP contribution in [-0.2, 0) is 7.05 Å². The number of nitrogens with one attached hydrogen (secondary N) is 1. The summed E-state index contributed by atoms with van der Waals surface area (Å²) in [6.45, 7) is 0. The number of nitrogens with zero attached hydrogens (tertiary/aromatic N) is 1. The van der Waals surface area contributed by atoms with Crippen LogP contribution in [0.1, 0.15) is 20.7 Å². The molecule has 6 nitrogen and oxygen atoms in total. The molecule has 6 heteroatoms. The molecule has 0 aliphatic carbocycles. The summed E-state index contributed by atoms with van der Waals surface area (Å²) < 4.78 is 1.29. The molecule has 0 saturated carbocycles. The summed E-state index contributed by atoms with van der Waals surface area (Å²) in [5, 5.41) is 11.5. The summed E-state index contributed by atoms with van der Waals surface area (Å²) >= 11 is 0. The number of rotatable bonds is 3. The number of benzene rings is 1. The maximum atomic E-state index is 12.0. The first-order chi connectivity index (χ1) is 9.47. The van der Waals surface area contributed by atoms with Gasteiger partial charge in [0, 0.05) is 25.0 Å². The minimum Gasteiger partial charge on any atom is -0.478 e. The lowest BCUT2D eigenvalue weighted by atomic mass is 10.2. The molecule has 0 aliphatic heterocycles. The molecule has 1 amide bonds. The molecule has 20 heavy (non-hydrogen) atoms. The van der Waals surface area contributed by atoms with Crippen molar-refractivity contribution >= 4 is 17.6 Å². The lowest BCUT2D eigenvalue weighted by molar-refractivity contribution is 0.0696. The van der Waals surface area contributed by atoms with Gasteiger partial charge >= 0.3 is 5.97 Å². The van der Waals surface area contributed by atoms with E-state index in [0.29, 0.717) is 11.3 Å². The molecule has 0 bridgehead atoms. The van der Waals surface area contributed by atoms with Crippen molar-refractivity contribution in [3.8, 4) is 0 Å². The molecule has 2 N–H and O–H groups in total. The second kappa shape index (κ2) is 5.40. The fourth-order valence-electron chi connectivity index (χ4n) is 1.66. The van der Waals surface area contributed by atoms with E-state index < -0.39 is 11.9 Å². The molecule has 0 spiro atoms. The number of aromatic nitrogens is 1. The summed E-state index contributed by atoms with van der Waals surface area (Å²) in [6.07, 6.45) is 1.42. The molecule has 1 heterocycles. The molecule has 0 unspecified atom stereocenters. The highest BCUT2D eigenvalue weighted by Crippen LogP contribution is 2.12. The Morgan fingerprint density at radius 1 is 1.15 bits per heavy atom. The average Bonchev–Trinajstić information content (AvgIpc) is 2.42. The Labute approximate surface area is 114 Å². The van der Waals surface area contributed by atoms with Crippen molar-refractivity contribution in [2.45, 2.75) is 0 Å². The fourth-order valence-corrected chi connectivity index (χ4v) is 1.66. The SMILES string of the molecule is Cn1cc(C(=O)Nc2cccc(C(=O)O)c2)ccc1=O. The number of hydrogen-bond acceptors (Lipinski definition) is 3. The van der Waals surface area contributed by atoms with Crippen molar-refractivity contribution in [1.29, 1.82) is 0 Å². The molecule has 102 valence electrons. The molecule has 0 aliphatic rings. The molecule has 0 saturated heterocycles. The standard InChI is InChI=1S/C14H12N2O4/c1-16-8-10(5-6-12(16)17)13(18)15-11-4-2-3-9(7-11)14(19)20/h2-8H,1H3,(H,15,18)(H,19,20). The first-order valence-corrected chi connectivity index (χ1v) is 5.79. The van der Waals surface area contributed by atoms with Gasteiger partial charge in [-0.25, -0.2) is 4.79 Å². The van der Waals surface area contributed by atoms with Gasteiger partial charge < -0.3 is 15.0 Å². The van der Waals surface area contributed by atoms with Gasteiger partial charge in [-0.1, -0.05) is 6.07 Å². The van der Waals surface area contributed by atoms with E-state index in [9.17, 15) is 14.4 Å². The van der Waals surface area contributed by atoms with E-state index in [2.05, 4.69) is 5.32 Å². The zero-order valence-electron chi connectivity index (χ0n) is 10.7. The third-order valence-electron chi connectivity index (χ3n) is 2.72. The number of carboxylic acids is 1. The third-order valence-corrected chi connectivity index (χ3v) is 2.72. The number of carboxylic acid groups (broad SMARTS) is 1. The summed E-state index contributed by atoms with van der Waals surface area (Å²) in [7, 11) is 1.55. The van der Waals surface area contributed by atoms with Crippen LogP contribution < -0.4 is 10.9 Å². The van der Waals surface area contributed by atoms with Gasteiger partial charge in [0.05, 0.1) is 11.1 Å². The lowest BCUT2D eigenvalue weighted by Crippen LogP contribution is -2.19. The van der Waals surface area contributed by atoms with E-state index in [1.54, 1.807) is 19.2 Å². The first-order valence-electron chi connectivity index (χ1n) is 5.79. The summed E-state index contributed by atoms with van der Waals surface area (Å²) in [4.78, 5) is 34.1. The molecule has 0 radical (unpaired) electrons. The zero-order chi connectivity index (χ0) is 14.7. The second-order valence-corrected chi connectivity index (χ2v) is 4.21. The Bertz CT molecular complexity index is 734. The largest absolute Gasteiger partial charge is 0.478 e. The Morgan fingerprint density at radius 3 is 2.55 bits per heavy atom. The van der Waals surface area contributed by atoms with Crippen molar-refractivity contribution in [3.63, 3.8) is 0 Å². The monoisotopic (exact) mass is 272 g/mol. The maximum Gasteiger partial charge on any atom is 0.335 e. The van der Waals surface area contributed by atoms with Gasteiger partial charge in [0.2, 0.25) is 5.56 Å². The van der Waals surface area contributed by atoms with Gasteiger partial charge in [0.15, 0.2) is 0 Å². The lowest BCUT2D eigenvalue weighted by Gasteiger charge is -2.07. The Kier molecular flexibility index (Phi) is 3.65. The molecule has 1 aromatic carbocycles. The molecule has 2 rings (SSSR count). The van der Waals surface area contributed by atoms with Crippen LogP contribution in [0.2, 0.25) is 0 Å². The Morgan fingerprint density at radius 2 is 1.90 bits per heavy atom. The number of pyridine rings is 1. The van der Waals surface area contributed by atoms with Crippen molar-refractivity contribution in [2.24, 2.45) is 7.05 Å². The fraction of sp³-hybridized carbons (Fsp3) is 0.0714. The summed E-state index contributed by atoms with van der Waals surface area (Å²) in [5.41, 5.74) is 0.564. The van der Waals surface area contributed by atoms with Crippen LogP contribution in [0.4, 0.5) is 5.69 Å². The highest BCUT2D eigenvalue weighted by molar-refractivity contribution is 6.04. The van der Waals surface area contributed by atoms with Crippen LogP contribution in [0.25, 0.3) is 0 Å². The number of amides is 1. The molecule has 1 aromatic heterocycles. The Hall–Kier alpha value is -2.89. The zero-order valence-corrected chi connectivity index (χ0v) is 10.7. The van der Waals surface area contributed by atoms with E-state index in [0.717, 1.165) is 0 Å². The van der Waals surface area contributed by atoms with E-state index in [-0.39, 0.29) is 11.1 Å². The number of carbonyl (C=O) groups is 2. The normalized spacial score (nSPS) is 10.1. The number of hydrogen-bond donors (Lipinski definition) is 2. The highest BCUT2D eigenvalue weighted by atomic mass is 16.4. The molecular weight excluding hydrogens is 260 g/mol. The van der Waals surface area contributed by atoms with Gasteiger partial charge in [-0.05, 0) is 24.3 Å². The predicted octanol–water partition coefficient (Wildman–Crippen LogP) is 1.34. The number of aromatic carboxylic acids is 1. The van der Waals surface area contributed by atoms with Crippen molar-refractivity contribution < 1.29 is 14.7 Å². The van der Waals surface area contributed by atoms with Crippen LogP contribution >= 0.6 is 0 Å². The number of anilines is 1. The van der Waals surface area contributed by atoms with Crippen molar-refractivity contribution in [3.05, 3.63) is 64.1 Å². The molecular formula is C14H12N2O4. The highest BCUT2D eigenvalue weighted by Gasteiger charge is 2.09. The van der Waals surface area contributed by atoms with Crippen LogP contribution in [0, 0.1) is 0 Å². The van der Waals surface area contributed by atoms with E-state index in [1.807, 2.05) is 0 Å². The number of aryl methyl sites for hydroxylation is 1. The smallest absolute Gasteiger partial charge is 0.335 e. The molecule has 2 aromatic rings. The van der Waals surface area contributed by atoms with Crippen LogP contribution in [0.3, 0.4) is 0 Å². The quantitative estimate of drug-likeness (QED) is 0.882. The summed E-state index contributed by atoms with van der Waals surface area (Å²) in [5.74, 6) is -1.48. The van der Waals surface area contributed by atoms with Crippen molar-refractivity contribution in [2.75, 3.05) is 5.32 Å². The van der Waals surface area contributed by atoms with Crippen LogP contribution in [0.5, 0.6) is 0 Å². The van der Waals surface area contributed by atoms with Gasteiger partial charge in [-0.2, -0.15) is 0 Å². The summed E-state index contributed by atoms with van der Waals surface area (Å²) in [6, 6.07) is 8.64. The van der Waals surface area contributed by atoms with Gasteiger partial charge in [-0.15, -0.1) is 0 Å².